The Morgan fingerprint density at radius 1 is 1.20 bits per heavy atom. The van der Waals surface area contributed by atoms with Crippen LogP contribution in [0.2, 0.25) is 5.02 Å². The highest BCUT2D eigenvalue weighted by atomic mass is 35.5. The van der Waals surface area contributed by atoms with Gasteiger partial charge in [0.1, 0.15) is 0 Å². The lowest BCUT2D eigenvalue weighted by atomic mass is 10.0. The Bertz CT molecular complexity index is 876. The van der Waals surface area contributed by atoms with Crippen molar-refractivity contribution in [3.8, 4) is 11.1 Å². The zero-order chi connectivity index (χ0) is 18.0. The van der Waals surface area contributed by atoms with Gasteiger partial charge in [-0.15, -0.1) is 0 Å². The standard InChI is InChI=1S/C19H17ClN2O3/c1-22-11-16(17(23)19(22)25)18(24)21-10-12-4-2-5-13(8-12)14-6-3-7-15(20)9-14/h2-9,23H,10-11H2,1H3,(H,21,24). The number of nitrogens with one attached hydrogen (secondary N) is 1. The summed E-state index contributed by atoms with van der Waals surface area (Å²) in [7, 11) is 1.54. The van der Waals surface area contributed by atoms with Gasteiger partial charge < -0.3 is 15.3 Å². The molecule has 2 amide bonds. The van der Waals surface area contributed by atoms with E-state index in [4.69, 9.17) is 11.6 Å². The fourth-order valence-corrected chi connectivity index (χ4v) is 2.88. The molecule has 6 heteroatoms. The minimum Gasteiger partial charge on any atom is -0.503 e. The van der Waals surface area contributed by atoms with Crippen molar-refractivity contribution in [2.24, 2.45) is 0 Å². The first kappa shape index (κ1) is 17.0. The molecule has 2 aromatic carbocycles. The van der Waals surface area contributed by atoms with Crippen molar-refractivity contribution in [3.05, 3.63) is 70.4 Å². The maximum absolute atomic E-state index is 12.2. The van der Waals surface area contributed by atoms with Crippen LogP contribution >= 0.6 is 11.6 Å². The van der Waals surface area contributed by atoms with E-state index in [1.165, 1.54) is 11.9 Å². The Morgan fingerprint density at radius 2 is 1.88 bits per heavy atom. The van der Waals surface area contributed by atoms with Crippen molar-refractivity contribution >= 4 is 23.4 Å². The summed E-state index contributed by atoms with van der Waals surface area (Å²) in [6.45, 7) is 0.404. The average Bonchev–Trinajstić information content (AvgIpc) is 2.87. The molecule has 0 radical (unpaired) electrons. The molecular weight excluding hydrogens is 340 g/mol. The summed E-state index contributed by atoms with van der Waals surface area (Å²) in [5.74, 6) is -1.45. The summed E-state index contributed by atoms with van der Waals surface area (Å²) >= 11 is 6.03. The maximum Gasteiger partial charge on any atom is 0.289 e. The van der Waals surface area contributed by atoms with Gasteiger partial charge >= 0.3 is 0 Å². The fourth-order valence-electron chi connectivity index (χ4n) is 2.69. The SMILES string of the molecule is CN1CC(C(=O)NCc2cccc(-c3cccc(Cl)c3)c2)=C(O)C1=O. The molecule has 3 rings (SSSR count). The lowest BCUT2D eigenvalue weighted by Gasteiger charge is -2.09. The summed E-state index contributed by atoms with van der Waals surface area (Å²) in [5.41, 5.74) is 2.98. The molecule has 0 saturated carbocycles. The van der Waals surface area contributed by atoms with E-state index in [0.717, 1.165) is 16.7 Å². The van der Waals surface area contributed by atoms with Crippen LogP contribution in [0.4, 0.5) is 0 Å². The number of likely N-dealkylation sites (N-methyl/N-ethyl adjacent to an activating group) is 1. The van der Waals surface area contributed by atoms with Gasteiger partial charge in [0.15, 0.2) is 5.76 Å². The Hall–Kier alpha value is -2.79. The van der Waals surface area contributed by atoms with Crippen LogP contribution in [-0.4, -0.2) is 35.4 Å². The molecule has 0 unspecified atom stereocenters. The van der Waals surface area contributed by atoms with E-state index in [0.29, 0.717) is 11.6 Å². The molecule has 5 nitrogen and oxygen atoms in total. The number of halogens is 1. The molecule has 0 bridgehead atoms. The number of hydrogen-bond acceptors (Lipinski definition) is 3. The van der Waals surface area contributed by atoms with E-state index in [9.17, 15) is 14.7 Å². The van der Waals surface area contributed by atoms with Crippen LogP contribution in [0.15, 0.2) is 59.9 Å². The summed E-state index contributed by atoms with van der Waals surface area (Å²) in [6, 6.07) is 15.3. The van der Waals surface area contributed by atoms with Gasteiger partial charge in [-0.3, -0.25) is 9.59 Å². The summed E-state index contributed by atoms with van der Waals surface area (Å²) in [6.07, 6.45) is 0. The van der Waals surface area contributed by atoms with Gasteiger partial charge in [0.05, 0.1) is 12.1 Å². The molecular formula is C19H17ClN2O3. The van der Waals surface area contributed by atoms with Gasteiger partial charge in [0.25, 0.3) is 11.8 Å². The minimum atomic E-state index is -0.534. The largest absolute Gasteiger partial charge is 0.503 e. The Kier molecular flexibility index (Phi) is 4.76. The van der Waals surface area contributed by atoms with Crippen molar-refractivity contribution < 1.29 is 14.7 Å². The van der Waals surface area contributed by atoms with Gasteiger partial charge in [-0.1, -0.05) is 41.9 Å². The molecule has 0 aromatic heterocycles. The molecule has 0 fully saturated rings. The van der Waals surface area contributed by atoms with Crippen molar-refractivity contribution in [1.29, 1.82) is 0 Å². The number of aliphatic hydroxyl groups excluding tert-OH is 1. The molecule has 0 spiro atoms. The van der Waals surface area contributed by atoms with E-state index in [1.807, 2.05) is 48.5 Å². The van der Waals surface area contributed by atoms with Gasteiger partial charge in [-0.05, 0) is 34.9 Å². The quantitative estimate of drug-likeness (QED) is 0.885. The predicted molar refractivity (Wildman–Crippen MR) is 96.0 cm³/mol. The van der Waals surface area contributed by atoms with Gasteiger partial charge in [0, 0.05) is 18.6 Å². The third-order valence-corrected chi connectivity index (χ3v) is 4.28. The molecule has 2 N–H and O–H groups in total. The third-order valence-electron chi connectivity index (χ3n) is 4.04. The third kappa shape index (κ3) is 3.67. The molecule has 128 valence electrons. The number of benzene rings is 2. The summed E-state index contributed by atoms with van der Waals surface area (Å²) in [5, 5.41) is 13.1. The van der Waals surface area contributed by atoms with E-state index in [-0.39, 0.29) is 12.1 Å². The van der Waals surface area contributed by atoms with Crippen LogP contribution in [0, 0.1) is 0 Å². The normalized spacial score (nSPS) is 14.2. The van der Waals surface area contributed by atoms with Gasteiger partial charge in [-0.2, -0.15) is 0 Å². The summed E-state index contributed by atoms with van der Waals surface area (Å²) in [4.78, 5) is 25.0. The number of nitrogens with zero attached hydrogens (tertiary/aromatic N) is 1. The number of rotatable bonds is 4. The molecule has 25 heavy (non-hydrogen) atoms. The van der Waals surface area contributed by atoms with Crippen LogP contribution in [0.1, 0.15) is 5.56 Å². The van der Waals surface area contributed by atoms with E-state index < -0.39 is 17.6 Å². The van der Waals surface area contributed by atoms with Crippen molar-refractivity contribution in [2.75, 3.05) is 13.6 Å². The van der Waals surface area contributed by atoms with Gasteiger partial charge in [-0.25, -0.2) is 0 Å². The van der Waals surface area contributed by atoms with Crippen molar-refractivity contribution in [3.63, 3.8) is 0 Å². The first-order valence-electron chi connectivity index (χ1n) is 7.76. The van der Waals surface area contributed by atoms with Crippen molar-refractivity contribution in [2.45, 2.75) is 6.54 Å². The lowest BCUT2D eigenvalue weighted by molar-refractivity contribution is -0.126. The monoisotopic (exact) mass is 356 g/mol. The first-order chi connectivity index (χ1) is 12.0. The second-order valence-electron chi connectivity index (χ2n) is 5.88. The molecule has 0 aliphatic carbocycles. The Balaban J connectivity index is 1.71. The smallest absolute Gasteiger partial charge is 0.289 e. The second-order valence-corrected chi connectivity index (χ2v) is 6.32. The van der Waals surface area contributed by atoms with E-state index >= 15 is 0 Å². The van der Waals surface area contributed by atoms with Crippen molar-refractivity contribution in [1.82, 2.24) is 10.2 Å². The molecule has 0 atom stereocenters. The lowest BCUT2D eigenvalue weighted by Crippen LogP contribution is -2.27. The number of aliphatic hydroxyl groups is 1. The Labute approximate surface area is 150 Å². The fraction of sp³-hybridized carbons (Fsp3) is 0.158. The predicted octanol–water partition coefficient (Wildman–Crippen LogP) is 2.91. The average molecular weight is 357 g/mol. The van der Waals surface area contributed by atoms with E-state index in [1.54, 1.807) is 0 Å². The topological polar surface area (TPSA) is 69.6 Å². The van der Waals surface area contributed by atoms with E-state index in [2.05, 4.69) is 5.32 Å². The van der Waals surface area contributed by atoms with Gasteiger partial charge in [0.2, 0.25) is 0 Å². The van der Waals surface area contributed by atoms with Crippen LogP contribution < -0.4 is 5.32 Å². The zero-order valence-electron chi connectivity index (χ0n) is 13.6. The van der Waals surface area contributed by atoms with Crippen LogP contribution in [-0.2, 0) is 16.1 Å². The molecule has 2 aromatic rings. The minimum absolute atomic E-state index is 0.0958. The first-order valence-corrected chi connectivity index (χ1v) is 8.14. The highest BCUT2D eigenvalue weighted by Gasteiger charge is 2.31. The zero-order valence-corrected chi connectivity index (χ0v) is 14.4. The number of carbonyl (C=O) groups excluding carboxylic acids is 2. The highest BCUT2D eigenvalue weighted by molar-refractivity contribution is 6.30. The molecule has 1 heterocycles. The summed E-state index contributed by atoms with van der Waals surface area (Å²) < 4.78 is 0. The number of hydrogen-bond donors (Lipinski definition) is 2. The second kappa shape index (κ2) is 6.99. The van der Waals surface area contributed by atoms with Crippen LogP contribution in [0.5, 0.6) is 0 Å². The molecule has 1 aliphatic heterocycles. The number of carbonyl (C=O) groups is 2. The maximum atomic E-state index is 12.2. The number of amides is 2. The van der Waals surface area contributed by atoms with Crippen LogP contribution in [0.3, 0.4) is 0 Å². The van der Waals surface area contributed by atoms with Crippen LogP contribution in [0.25, 0.3) is 11.1 Å². The molecule has 1 aliphatic rings. The Morgan fingerprint density at radius 3 is 2.52 bits per heavy atom. The molecule has 0 saturated heterocycles. The highest BCUT2D eigenvalue weighted by Crippen LogP contribution is 2.23.